The number of aromatic nitrogens is 3. The molecule has 8 heteroatoms. The normalized spacial score (nSPS) is 11.6. The lowest BCUT2D eigenvalue weighted by molar-refractivity contribution is -0.274. The molecule has 0 unspecified atom stereocenters. The van der Waals surface area contributed by atoms with E-state index in [-0.39, 0.29) is 11.0 Å². The van der Waals surface area contributed by atoms with Gasteiger partial charge in [0.2, 0.25) is 5.28 Å². The van der Waals surface area contributed by atoms with Gasteiger partial charge in [-0.05, 0) is 23.7 Å². The van der Waals surface area contributed by atoms with E-state index < -0.39 is 6.36 Å². The van der Waals surface area contributed by atoms with Gasteiger partial charge in [0.25, 0.3) is 0 Å². The standard InChI is InChI=1S/C11H9ClF3N3O/c1-2-9-16-17-10(12)18(9)7-4-3-5-8(6-7)19-11(13,14)15/h3-6H,2H2,1H3. The van der Waals surface area contributed by atoms with E-state index in [9.17, 15) is 13.2 Å². The molecule has 0 fully saturated rings. The molecule has 1 aromatic heterocycles. The van der Waals surface area contributed by atoms with Crippen LogP contribution in [0.25, 0.3) is 5.69 Å². The van der Waals surface area contributed by atoms with Crippen LogP contribution in [0.1, 0.15) is 12.7 Å². The lowest BCUT2D eigenvalue weighted by atomic mass is 10.3. The SMILES string of the molecule is CCc1nnc(Cl)n1-c1cccc(OC(F)(F)F)c1. The van der Waals surface area contributed by atoms with Crippen LogP contribution < -0.4 is 4.74 Å². The minimum Gasteiger partial charge on any atom is -0.406 e. The summed E-state index contributed by atoms with van der Waals surface area (Å²) in [6.45, 7) is 1.84. The molecule has 1 heterocycles. The van der Waals surface area contributed by atoms with E-state index in [0.717, 1.165) is 0 Å². The number of alkyl halides is 3. The molecule has 0 saturated heterocycles. The number of nitrogens with zero attached hydrogens (tertiary/aromatic N) is 3. The van der Waals surface area contributed by atoms with Crippen molar-refractivity contribution in [2.24, 2.45) is 0 Å². The quantitative estimate of drug-likeness (QED) is 0.870. The third-order valence-corrected chi connectivity index (χ3v) is 2.56. The summed E-state index contributed by atoms with van der Waals surface area (Å²) in [5.41, 5.74) is 0.411. The van der Waals surface area contributed by atoms with Gasteiger partial charge in [0.15, 0.2) is 0 Å². The summed E-state index contributed by atoms with van der Waals surface area (Å²) < 4.78 is 41.8. The van der Waals surface area contributed by atoms with Crippen molar-refractivity contribution in [1.82, 2.24) is 14.8 Å². The molecule has 0 bridgehead atoms. The van der Waals surface area contributed by atoms with E-state index in [1.807, 2.05) is 6.92 Å². The zero-order valence-corrected chi connectivity index (χ0v) is 10.5. The Balaban J connectivity index is 2.40. The van der Waals surface area contributed by atoms with Gasteiger partial charge in [-0.2, -0.15) is 0 Å². The van der Waals surface area contributed by atoms with E-state index in [1.165, 1.54) is 22.8 Å². The minimum absolute atomic E-state index is 0.0843. The van der Waals surface area contributed by atoms with Crippen LogP contribution in [0.2, 0.25) is 5.28 Å². The Bertz CT molecular complexity index is 583. The highest BCUT2D eigenvalue weighted by Crippen LogP contribution is 2.26. The average Bonchev–Trinajstić information content (AvgIpc) is 2.68. The zero-order valence-electron chi connectivity index (χ0n) is 9.78. The fourth-order valence-electron chi connectivity index (χ4n) is 1.60. The maximum atomic E-state index is 12.2. The Labute approximate surface area is 111 Å². The fourth-order valence-corrected chi connectivity index (χ4v) is 1.83. The van der Waals surface area contributed by atoms with E-state index in [2.05, 4.69) is 14.9 Å². The maximum absolute atomic E-state index is 12.2. The Kier molecular flexibility index (Phi) is 3.66. The predicted octanol–water partition coefficient (Wildman–Crippen LogP) is 3.38. The van der Waals surface area contributed by atoms with Crippen molar-refractivity contribution in [3.63, 3.8) is 0 Å². The molecule has 0 saturated carbocycles. The number of hydrogen-bond donors (Lipinski definition) is 0. The summed E-state index contributed by atoms with van der Waals surface area (Å²) in [6, 6.07) is 5.46. The number of aryl methyl sites for hydroxylation is 1. The molecule has 0 N–H and O–H groups in total. The summed E-state index contributed by atoms with van der Waals surface area (Å²) in [6.07, 6.45) is -4.19. The first kappa shape index (κ1) is 13.7. The smallest absolute Gasteiger partial charge is 0.406 e. The lowest BCUT2D eigenvalue weighted by Crippen LogP contribution is -2.17. The highest BCUT2D eigenvalue weighted by Gasteiger charge is 2.31. The largest absolute Gasteiger partial charge is 0.573 e. The molecule has 0 radical (unpaired) electrons. The van der Waals surface area contributed by atoms with Crippen LogP contribution in [0.3, 0.4) is 0 Å². The number of hydrogen-bond acceptors (Lipinski definition) is 3. The molecule has 1 aromatic carbocycles. The molecular weight excluding hydrogens is 283 g/mol. The summed E-state index contributed by atoms with van der Waals surface area (Å²) in [4.78, 5) is 0. The summed E-state index contributed by atoms with van der Waals surface area (Å²) in [5, 5.41) is 7.60. The van der Waals surface area contributed by atoms with E-state index in [4.69, 9.17) is 11.6 Å². The van der Waals surface area contributed by atoms with Crippen LogP contribution >= 0.6 is 11.6 Å². The Morgan fingerprint density at radius 1 is 1.32 bits per heavy atom. The van der Waals surface area contributed by atoms with Crippen LogP contribution in [-0.4, -0.2) is 21.1 Å². The van der Waals surface area contributed by atoms with Gasteiger partial charge in [-0.25, -0.2) is 0 Å². The molecule has 102 valence electrons. The molecular formula is C11H9ClF3N3O. The molecule has 2 rings (SSSR count). The van der Waals surface area contributed by atoms with Gasteiger partial charge in [0, 0.05) is 12.5 Å². The molecule has 0 spiro atoms. The average molecular weight is 292 g/mol. The third-order valence-electron chi connectivity index (χ3n) is 2.32. The Hall–Kier alpha value is -1.76. The van der Waals surface area contributed by atoms with Crippen molar-refractivity contribution in [2.75, 3.05) is 0 Å². The third kappa shape index (κ3) is 3.17. The van der Waals surface area contributed by atoms with Gasteiger partial charge in [0.05, 0.1) is 5.69 Å². The maximum Gasteiger partial charge on any atom is 0.573 e. The first-order valence-electron chi connectivity index (χ1n) is 5.36. The van der Waals surface area contributed by atoms with Crippen LogP contribution in [0.15, 0.2) is 24.3 Å². The lowest BCUT2D eigenvalue weighted by Gasteiger charge is -2.11. The molecule has 0 amide bonds. The second-order valence-electron chi connectivity index (χ2n) is 3.62. The van der Waals surface area contributed by atoms with Gasteiger partial charge < -0.3 is 4.74 Å². The fraction of sp³-hybridized carbons (Fsp3) is 0.273. The second kappa shape index (κ2) is 5.08. The predicted molar refractivity (Wildman–Crippen MR) is 62.4 cm³/mol. The van der Waals surface area contributed by atoms with Crippen LogP contribution in [0, 0.1) is 0 Å². The van der Waals surface area contributed by atoms with Gasteiger partial charge >= 0.3 is 6.36 Å². The van der Waals surface area contributed by atoms with Gasteiger partial charge in [-0.15, -0.1) is 23.4 Å². The van der Waals surface area contributed by atoms with Gasteiger partial charge in [-0.1, -0.05) is 13.0 Å². The van der Waals surface area contributed by atoms with E-state index >= 15 is 0 Å². The van der Waals surface area contributed by atoms with Crippen molar-refractivity contribution in [1.29, 1.82) is 0 Å². The topological polar surface area (TPSA) is 39.9 Å². The Morgan fingerprint density at radius 3 is 2.68 bits per heavy atom. The van der Waals surface area contributed by atoms with E-state index in [1.54, 1.807) is 6.07 Å². The highest BCUT2D eigenvalue weighted by atomic mass is 35.5. The highest BCUT2D eigenvalue weighted by molar-refractivity contribution is 6.28. The molecule has 4 nitrogen and oxygen atoms in total. The summed E-state index contributed by atoms with van der Waals surface area (Å²) in [7, 11) is 0. The van der Waals surface area contributed by atoms with Gasteiger partial charge in [-0.3, -0.25) is 4.57 Å². The first-order valence-corrected chi connectivity index (χ1v) is 5.74. The first-order chi connectivity index (χ1) is 8.90. The van der Waals surface area contributed by atoms with Crippen molar-refractivity contribution in [3.8, 4) is 11.4 Å². The van der Waals surface area contributed by atoms with Crippen molar-refractivity contribution < 1.29 is 17.9 Å². The molecule has 0 aliphatic rings. The summed E-state index contributed by atoms with van der Waals surface area (Å²) in [5.74, 6) is 0.228. The number of benzene rings is 1. The second-order valence-corrected chi connectivity index (χ2v) is 3.96. The number of halogens is 4. The van der Waals surface area contributed by atoms with Crippen molar-refractivity contribution in [3.05, 3.63) is 35.4 Å². The monoisotopic (exact) mass is 291 g/mol. The molecule has 0 aliphatic heterocycles. The van der Waals surface area contributed by atoms with E-state index in [0.29, 0.717) is 17.9 Å². The molecule has 0 aliphatic carbocycles. The minimum atomic E-state index is -4.73. The van der Waals surface area contributed by atoms with Crippen molar-refractivity contribution >= 4 is 11.6 Å². The number of ether oxygens (including phenoxy) is 1. The van der Waals surface area contributed by atoms with Crippen molar-refractivity contribution in [2.45, 2.75) is 19.7 Å². The van der Waals surface area contributed by atoms with Crippen LogP contribution in [0.4, 0.5) is 13.2 Å². The Morgan fingerprint density at radius 2 is 2.05 bits per heavy atom. The zero-order chi connectivity index (χ0) is 14.0. The van der Waals surface area contributed by atoms with Crippen LogP contribution in [0.5, 0.6) is 5.75 Å². The summed E-state index contributed by atoms with van der Waals surface area (Å²) >= 11 is 5.87. The molecule has 0 atom stereocenters. The van der Waals surface area contributed by atoms with Crippen LogP contribution in [-0.2, 0) is 6.42 Å². The van der Waals surface area contributed by atoms with Gasteiger partial charge in [0.1, 0.15) is 11.6 Å². The molecule has 2 aromatic rings. The number of rotatable bonds is 3. The molecule has 19 heavy (non-hydrogen) atoms.